The summed E-state index contributed by atoms with van der Waals surface area (Å²) in [5.74, 6) is 0. The number of nitrogens with zero attached hydrogens (tertiary/aromatic N) is 2. The second kappa shape index (κ2) is 5.25. The highest BCUT2D eigenvalue weighted by atomic mass is 16.5. The zero-order valence-electron chi connectivity index (χ0n) is 9.78. The van der Waals surface area contributed by atoms with Crippen LogP contribution in [0.4, 0.5) is 0 Å². The van der Waals surface area contributed by atoms with Gasteiger partial charge in [-0.3, -0.25) is 0 Å². The standard InChI is InChI=1S/C12H19N3O/c1-9-7-10(8-13)15-12(14-9)16-11-5-3-2-4-6-11/h7,11H,2-6,8,13H2,1H3. The molecule has 2 rings (SSSR count). The van der Waals surface area contributed by atoms with Crippen LogP contribution in [0.5, 0.6) is 6.01 Å². The van der Waals surface area contributed by atoms with Crippen molar-refractivity contribution in [2.24, 2.45) is 5.73 Å². The quantitative estimate of drug-likeness (QED) is 0.847. The van der Waals surface area contributed by atoms with Crippen molar-refractivity contribution >= 4 is 0 Å². The molecule has 1 aliphatic rings. The molecule has 0 bridgehead atoms. The van der Waals surface area contributed by atoms with E-state index in [-0.39, 0.29) is 0 Å². The fourth-order valence-corrected chi connectivity index (χ4v) is 2.09. The Balaban J connectivity index is 2.04. The number of aryl methyl sites for hydroxylation is 1. The molecule has 0 aromatic carbocycles. The molecule has 1 aromatic heterocycles. The Morgan fingerprint density at radius 3 is 2.75 bits per heavy atom. The third kappa shape index (κ3) is 2.92. The van der Waals surface area contributed by atoms with Crippen molar-refractivity contribution in [2.75, 3.05) is 0 Å². The molecule has 0 saturated heterocycles. The molecule has 0 unspecified atom stereocenters. The molecule has 1 saturated carbocycles. The fraction of sp³-hybridized carbons (Fsp3) is 0.667. The number of hydrogen-bond acceptors (Lipinski definition) is 4. The van der Waals surface area contributed by atoms with Crippen LogP contribution < -0.4 is 10.5 Å². The third-order valence-corrected chi connectivity index (χ3v) is 2.92. The van der Waals surface area contributed by atoms with Crippen molar-refractivity contribution in [2.45, 2.75) is 51.7 Å². The lowest BCUT2D eigenvalue weighted by Gasteiger charge is -2.21. The molecule has 1 fully saturated rings. The highest BCUT2D eigenvalue weighted by Crippen LogP contribution is 2.21. The Morgan fingerprint density at radius 1 is 1.31 bits per heavy atom. The van der Waals surface area contributed by atoms with E-state index in [2.05, 4.69) is 9.97 Å². The number of nitrogens with two attached hydrogens (primary N) is 1. The number of hydrogen-bond donors (Lipinski definition) is 1. The van der Waals surface area contributed by atoms with Crippen LogP contribution in [0.2, 0.25) is 0 Å². The predicted octanol–water partition coefficient (Wildman–Crippen LogP) is 1.96. The van der Waals surface area contributed by atoms with Crippen LogP contribution in [0.1, 0.15) is 43.5 Å². The number of rotatable bonds is 3. The monoisotopic (exact) mass is 221 g/mol. The van der Waals surface area contributed by atoms with Crippen molar-refractivity contribution in [3.05, 3.63) is 17.5 Å². The summed E-state index contributed by atoms with van der Waals surface area (Å²) in [4.78, 5) is 8.57. The molecule has 2 N–H and O–H groups in total. The van der Waals surface area contributed by atoms with E-state index in [4.69, 9.17) is 10.5 Å². The maximum Gasteiger partial charge on any atom is 0.317 e. The molecule has 1 aliphatic carbocycles. The Bertz CT molecular complexity index is 348. The van der Waals surface area contributed by atoms with E-state index in [9.17, 15) is 0 Å². The molecule has 4 nitrogen and oxygen atoms in total. The first-order valence-corrected chi connectivity index (χ1v) is 5.99. The van der Waals surface area contributed by atoms with Crippen molar-refractivity contribution in [3.63, 3.8) is 0 Å². The summed E-state index contributed by atoms with van der Waals surface area (Å²) in [5, 5.41) is 0. The summed E-state index contributed by atoms with van der Waals surface area (Å²) in [6, 6.07) is 2.39. The molecule has 0 amide bonds. The summed E-state index contributed by atoms with van der Waals surface area (Å²) in [6.07, 6.45) is 6.36. The van der Waals surface area contributed by atoms with Crippen LogP contribution in [0.15, 0.2) is 6.07 Å². The maximum absolute atomic E-state index is 5.80. The van der Waals surface area contributed by atoms with Crippen LogP contribution in [0.3, 0.4) is 0 Å². The topological polar surface area (TPSA) is 61.0 Å². The summed E-state index contributed by atoms with van der Waals surface area (Å²) in [7, 11) is 0. The Labute approximate surface area is 96.2 Å². The normalized spacial score (nSPS) is 17.4. The molecule has 4 heteroatoms. The van der Waals surface area contributed by atoms with Crippen LogP contribution >= 0.6 is 0 Å². The highest BCUT2D eigenvalue weighted by Gasteiger charge is 2.16. The summed E-state index contributed by atoms with van der Waals surface area (Å²) >= 11 is 0. The van der Waals surface area contributed by atoms with Gasteiger partial charge in [0, 0.05) is 12.2 Å². The minimum absolute atomic E-state index is 0.293. The van der Waals surface area contributed by atoms with E-state index < -0.39 is 0 Å². The van der Waals surface area contributed by atoms with Gasteiger partial charge in [-0.1, -0.05) is 6.42 Å². The van der Waals surface area contributed by atoms with Gasteiger partial charge in [0.05, 0.1) is 5.69 Å². The molecule has 88 valence electrons. The predicted molar refractivity (Wildman–Crippen MR) is 62.2 cm³/mol. The smallest absolute Gasteiger partial charge is 0.317 e. The molecule has 0 atom stereocenters. The average molecular weight is 221 g/mol. The molecule has 16 heavy (non-hydrogen) atoms. The van der Waals surface area contributed by atoms with E-state index in [0.717, 1.165) is 24.2 Å². The first kappa shape index (κ1) is 11.3. The van der Waals surface area contributed by atoms with Gasteiger partial charge in [-0.15, -0.1) is 0 Å². The van der Waals surface area contributed by atoms with Gasteiger partial charge in [0.2, 0.25) is 0 Å². The van der Waals surface area contributed by atoms with Crippen molar-refractivity contribution in [1.82, 2.24) is 9.97 Å². The summed E-state index contributed by atoms with van der Waals surface area (Å²) < 4.78 is 5.80. The Kier molecular flexibility index (Phi) is 3.72. The summed E-state index contributed by atoms with van der Waals surface area (Å²) in [5.41, 5.74) is 7.34. The summed E-state index contributed by atoms with van der Waals surface area (Å²) in [6.45, 7) is 2.37. The SMILES string of the molecule is Cc1cc(CN)nc(OC2CCCCC2)n1. The second-order valence-corrected chi connectivity index (χ2v) is 4.37. The maximum atomic E-state index is 5.80. The molecular formula is C12H19N3O. The lowest BCUT2D eigenvalue weighted by atomic mass is 9.98. The minimum Gasteiger partial charge on any atom is -0.460 e. The number of aromatic nitrogens is 2. The molecule has 0 radical (unpaired) electrons. The van der Waals surface area contributed by atoms with E-state index in [1.165, 1.54) is 19.3 Å². The third-order valence-electron chi connectivity index (χ3n) is 2.92. The van der Waals surface area contributed by atoms with Crippen molar-refractivity contribution < 1.29 is 4.74 Å². The highest BCUT2D eigenvalue weighted by molar-refractivity contribution is 5.12. The van der Waals surface area contributed by atoms with Gasteiger partial charge in [0.15, 0.2) is 0 Å². The first-order chi connectivity index (χ1) is 7.78. The van der Waals surface area contributed by atoms with E-state index in [1.807, 2.05) is 13.0 Å². The lowest BCUT2D eigenvalue weighted by molar-refractivity contribution is 0.141. The van der Waals surface area contributed by atoms with E-state index >= 15 is 0 Å². The van der Waals surface area contributed by atoms with Gasteiger partial charge >= 0.3 is 6.01 Å². The Morgan fingerprint density at radius 2 is 2.06 bits per heavy atom. The van der Waals surface area contributed by atoms with Crippen molar-refractivity contribution in [3.8, 4) is 6.01 Å². The van der Waals surface area contributed by atoms with Crippen LogP contribution in [-0.2, 0) is 6.54 Å². The van der Waals surface area contributed by atoms with Gasteiger partial charge < -0.3 is 10.5 Å². The number of ether oxygens (including phenoxy) is 1. The zero-order chi connectivity index (χ0) is 11.4. The van der Waals surface area contributed by atoms with Gasteiger partial charge in [-0.25, -0.2) is 4.98 Å². The molecular weight excluding hydrogens is 202 g/mol. The molecule has 1 aromatic rings. The van der Waals surface area contributed by atoms with Crippen LogP contribution in [0.25, 0.3) is 0 Å². The molecule has 0 spiro atoms. The van der Waals surface area contributed by atoms with Crippen LogP contribution in [-0.4, -0.2) is 16.1 Å². The van der Waals surface area contributed by atoms with E-state index in [0.29, 0.717) is 18.7 Å². The van der Waals surface area contributed by atoms with Gasteiger partial charge in [-0.05, 0) is 38.7 Å². The van der Waals surface area contributed by atoms with E-state index in [1.54, 1.807) is 0 Å². The molecule has 1 heterocycles. The minimum atomic E-state index is 0.293. The lowest BCUT2D eigenvalue weighted by Crippen LogP contribution is -2.21. The Hall–Kier alpha value is -1.16. The largest absolute Gasteiger partial charge is 0.460 e. The zero-order valence-corrected chi connectivity index (χ0v) is 9.78. The van der Waals surface area contributed by atoms with Gasteiger partial charge in [-0.2, -0.15) is 4.98 Å². The van der Waals surface area contributed by atoms with Gasteiger partial charge in [0.25, 0.3) is 0 Å². The fourth-order valence-electron chi connectivity index (χ4n) is 2.09. The van der Waals surface area contributed by atoms with Crippen molar-refractivity contribution in [1.29, 1.82) is 0 Å². The second-order valence-electron chi connectivity index (χ2n) is 4.37. The average Bonchev–Trinajstić information content (AvgIpc) is 2.29. The molecule has 0 aliphatic heterocycles. The van der Waals surface area contributed by atoms with Gasteiger partial charge in [0.1, 0.15) is 6.10 Å². The first-order valence-electron chi connectivity index (χ1n) is 5.99. The van der Waals surface area contributed by atoms with Crippen LogP contribution in [0, 0.1) is 6.92 Å².